The minimum Gasteiger partial charge on any atom is -0.285 e. The lowest BCUT2D eigenvalue weighted by Gasteiger charge is -2.53. The van der Waals surface area contributed by atoms with Gasteiger partial charge >= 0.3 is 0 Å². The first kappa shape index (κ1) is 37.1. The predicted octanol–water partition coefficient (Wildman–Crippen LogP) is 12.7. The molecule has 10 rings (SSSR count). The fourth-order valence-electron chi connectivity index (χ4n) is 14.7. The smallest absolute Gasteiger partial charge is 0.0818 e. The van der Waals surface area contributed by atoms with E-state index in [1.807, 2.05) is 11.1 Å². The summed E-state index contributed by atoms with van der Waals surface area (Å²) in [4.78, 5) is 0. The molecule has 0 amide bonds. The standard InChI is InChI=1S/C52H73N3/c1-5-17-36(18-6-1)49-53-50(37-19-7-2-8-20-37)55-51(54-49)42-24-16-23-40(34-42)38-21-15-22-39(33-38)41-31-32-46-45-29-13-14-30-47(45)52(48(46)35-41,43-25-9-3-10-26-43)44-27-11-4-12-28-44/h5,15-17,19,21-22,24-25,32-33,36,40-42,44-45,47-51,53-55H,1-4,6-14,18,20,23,26-31,34-35H2. The van der Waals surface area contributed by atoms with Crippen LogP contribution in [0.15, 0.2) is 83.5 Å². The molecule has 1 aromatic rings. The maximum absolute atomic E-state index is 4.14. The van der Waals surface area contributed by atoms with Gasteiger partial charge in [-0.15, -0.1) is 0 Å². The summed E-state index contributed by atoms with van der Waals surface area (Å²) in [7, 11) is 0. The summed E-state index contributed by atoms with van der Waals surface area (Å²) in [6.45, 7) is 0. The highest BCUT2D eigenvalue weighted by Gasteiger charge is 2.62. The van der Waals surface area contributed by atoms with Crippen LogP contribution < -0.4 is 16.0 Å². The van der Waals surface area contributed by atoms with E-state index < -0.39 is 0 Å². The zero-order valence-corrected chi connectivity index (χ0v) is 34.2. The quantitative estimate of drug-likeness (QED) is 0.244. The van der Waals surface area contributed by atoms with Gasteiger partial charge in [0.2, 0.25) is 0 Å². The molecule has 1 aromatic carbocycles. The molecule has 55 heavy (non-hydrogen) atoms. The average molecular weight is 740 g/mol. The summed E-state index contributed by atoms with van der Waals surface area (Å²) in [6, 6.07) is 10.2. The summed E-state index contributed by atoms with van der Waals surface area (Å²) in [5.74, 6) is 5.82. The van der Waals surface area contributed by atoms with Crippen LogP contribution >= 0.6 is 0 Å². The molecule has 0 radical (unpaired) electrons. The van der Waals surface area contributed by atoms with Crippen molar-refractivity contribution in [3.05, 3.63) is 94.6 Å². The van der Waals surface area contributed by atoms with Crippen LogP contribution in [0.5, 0.6) is 0 Å². The molecule has 11 atom stereocenters. The largest absolute Gasteiger partial charge is 0.285 e. The first-order valence-corrected chi connectivity index (χ1v) is 24.1. The fourth-order valence-corrected chi connectivity index (χ4v) is 14.7. The van der Waals surface area contributed by atoms with Crippen LogP contribution in [0, 0.1) is 40.9 Å². The summed E-state index contributed by atoms with van der Waals surface area (Å²) < 4.78 is 0. The monoisotopic (exact) mass is 740 g/mol. The molecule has 296 valence electrons. The zero-order chi connectivity index (χ0) is 36.6. The molecule has 1 aliphatic heterocycles. The fraction of sp³-hybridized carbons (Fsp3) is 0.692. The predicted molar refractivity (Wildman–Crippen MR) is 229 cm³/mol. The summed E-state index contributed by atoms with van der Waals surface area (Å²) in [5.41, 5.74) is 9.24. The van der Waals surface area contributed by atoms with Gasteiger partial charge in [0.25, 0.3) is 0 Å². The second-order valence-electron chi connectivity index (χ2n) is 20.0. The Morgan fingerprint density at radius 2 is 1.35 bits per heavy atom. The number of allylic oxidation sites excluding steroid dienone is 7. The van der Waals surface area contributed by atoms with Crippen LogP contribution in [0.1, 0.15) is 177 Å². The number of fused-ring (bicyclic) bond motifs is 3. The van der Waals surface area contributed by atoms with Gasteiger partial charge < -0.3 is 0 Å². The van der Waals surface area contributed by atoms with E-state index in [1.165, 1.54) is 154 Å². The average Bonchev–Trinajstić information content (AvgIpc) is 3.58. The molecule has 1 heterocycles. The number of nitrogens with one attached hydrogen (secondary N) is 3. The maximum Gasteiger partial charge on any atom is 0.0818 e. The molecule has 1 saturated heterocycles. The molecule has 3 N–H and O–H groups in total. The van der Waals surface area contributed by atoms with Crippen LogP contribution in [0.2, 0.25) is 0 Å². The molecule has 3 saturated carbocycles. The van der Waals surface area contributed by atoms with E-state index in [1.54, 1.807) is 16.7 Å². The van der Waals surface area contributed by atoms with Crippen molar-refractivity contribution in [2.45, 2.75) is 184 Å². The lowest BCUT2D eigenvalue weighted by Crippen LogP contribution is -2.71. The van der Waals surface area contributed by atoms with Crippen molar-refractivity contribution in [2.75, 3.05) is 0 Å². The Bertz CT molecular complexity index is 1660. The van der Waals surface area contributed by atoms with Crippen molar-refractivity contribution in [1.29, 1.82) is 0 Å². The van der Waals surface area contributed by atoms with Gasteiger partial charge in [0.05, 0.1) is 18.5 Å². The van der Waals surface area contributed by atoms with Gasteiger partial charge in [-0.1, -0.05) is 110 Å². The molecular weight excluding hydrogens is 667 g/mol. The Balaban J connectivity index is 0.904. The summed E-state index contributed by atoms with van der Waals surface area (Å²) in [5, 5.41) is 12.3. The SMILES string of the molecule is C1=CC(C2NC(C3=CCCCC3)NC(C3C=CCC(c4cccc(C5CC=C6C7CCCCC7C(C7=CCCCC7)(C7CCCCC7)C6C5)c4)C3)N2)CCC1. The Labute approximate surface area is 334 Å². The van der Waals surface area contributed by atoms with E-state index in [2.05, 4.69) is 82.7 Å². The van der Waals surface area contributed by atoms with Crippen molar-refractivity contribution in [1.82, 2.24) is 16.0 Å². The van der Waals surface area contributed by atoms with E-state index in [0.29, 0.717) is 41.4 Å². The van der Waals surface area contributed by atoms with Gasteiger partial charge in [-0.2, -0.15) is 0 Å². The Morgan fingerprint density at radius 1 is 0.582 bits per heavy atom. The second kappa shape index (κ2) is 16.6. The summed E-state index contributed by atoms with van der Waals surface area (Å²) in [6.07, 6.45) is 52.2. The third-order valence-electron chi connectivity index (χ3n) is 17.2. The van der Waals surface area contributed by atoms with Crippen molar-refractivity contribution in [3.63, 3.8) is 0 Å². The lowest BCUT2D eigenvalue weighted by molar-refractivity contribution is 0.0296. The number of hydrogen-bond acceptors (Lipinski definition) is 3. The van der Waals surface area contributed by atoms with Crippen LogP contribution in [0.4, 0.5) is 0 Å². The molecule has 0 spiro atoms. The molecular formula is C52H73N3. The van der Waals surface area contributed by atoms with E-state index >= 15 is 0 Å². The normalized spacial score (nSPS) is 41.1. The van der Waals surface area contributed by atoms with Crippen LogP contribution in [0.25, 0.3) is 0 Å². The summed E-state index contributed by atoms with van der Waals surface area (Å²) >= 11 is 0. The van der Waals surface area contributed by atoms with E-state index in [4.69, 9.17) is 0 Å². The van der Waals surface area contributed by atoms with Crippen molar-refractivity contribution < 1.29 is 0 Å². The minimum absolute atomic E-state index is 0.290. The third-order valence-corrected chi connectivity index (χ3v) is 17.2. The molecule has 4 fully saturated rings. The van der Waals surface area contributed by atoms with Crippen molar-refractivity contribution in [2.24, 2.45) is 40.9 Å². The molecule has 9 aliphatic rings. The molecule has 8 aliphatic carbocycles. The van der Waals surface area contributed by atoms with E-state index in [9.17, 15) is 0 Å². The first-order chi connectivity index (χ1) is 27.3. The molecule has 0 bridgehead atoms. The van der Waals surface area contributed by atoms with Gasteiger partial charge in [0.15, 0.2) is 0 Å². The maximum atomic E-state index is 4.14. The number of hydrogen-bond donors (Lipinski definition) is 3. The van der Waals surface area contributed by atoms with E-state index in [0.717, 1.165) is 23.7 Å². The molecule has 3 heteroatoms. The van der Waals surface area contributed by atoms with Crippen LogP contribution in [-0.2, 0) is 0 Å². The van der Waals surface area contributed by atoms with Gasteiger partial charge in [0.1, 0.15) is 0 Å². The van der Waals surface area contributed by atoms with Gasteiger partial charge in [-0.3, -0.25) is 16.0 Å². The van der Waals surface area contributed by atoms with Crippen molar-refractivity contribution in [3.8, 4) is 0 Å². The van der Waals surface area contributed by atoms with Crippen molar-refractivity contribution >= 4 is 0 Å². The Hall–Kier alpha value is -2.20. The molecule has 0 aromatic heterocycles. The Kier molecular flexibility index (Phi) is 11.2. The van der Waals surface area contributed by atoms with Gasteiger partial charge in [-0.05, 0) is 174 Å². The van der Waals surface area contributed by atoms with Crippen LogP contribution in [-0.4, -0.2) is 18.5 Å². The number of benzene rings is 1. The van der Waals surface area contributed by atoms with Gasteiger partial charge in [0, 0.05) is 17.3 Å². The number of rotatable bonds is 7. The molecule has 3 nitrogen and oxygen atoms in total. The van der Waals surface area contributed by atoms with E-state index in [-0.39, 0.29) is 6.17 Å². The highest BCUT2D eigenvalue weighted by molar-refractivity contribution is 5.40. The topological polar surface area (TPSA) is 36.1 Å². The minimum atomic E-state index is 0.290. The second-order valence-corrected chi connectivity index (χ2v) is 20.0. The molecule has 11 unspecified atom stereocenters. The third kappa shape index (κ3) is 7.18. The van der Waals surface area contributed by atoms with Crippen LogP contribution in [0.3, 0.4) is 0 Å². The first-order valence-electron chi connectivity index (χ1n) is 24.1. The zero-order valence-electron chi connectivity index (χ0n) is 34.2. The highest BCUT2D eigenvalue weighted by Crippen LogP contribution is 2.71. The Morgan fingerprint density at radius 3 is 2.13 bits per heavy atom. The lowest BCUT2D eigenvalue weighted by atomic mass is 9.51. The van der Waals surface area contributed by atoms with Gasteiger partial charge in [-0.25, -0.2) is 0 Å². The highest BCUT2D eigenvalue weighted by atomic mass is 15.4.